The molecule has 0 radical (unpaired) electrons. The fourth-order valence-electron chi connectivity index (χ4n) is 1.14. The summed E-state index contributed by atoms with van der Waals surface area (Å²) >= 11 is 0. The molecule has 1 aromatic rings. The highest BCUT2D eigenvalue weighted by Gasteiger charge is 2.18. The molecule has 82 valence electrons. The number of carbonyl (C=O) groups is 1. The third-order valence-corrected chi connectivity index (χ3v) is 1.84. The molecular formula is C11H13FO3. The molecule has 0 bridgehead atoms. The second-order valence-electron chi connectivity index (χ2n) is 2.95. The van der Waals surface area contributed by atoms with E-state index < -0.39 is 11.8 Å². The number of ether oxygens (including phenoxy) is 2. The van der Waals surface area contributed by atoms with Gasteiger partial charge in [0, 0.05) is 0 Å². The van der Waals surface area contributed by atoms with Crippen LogP contribution in [-0.4, -0.2) is 19.7 Å². The molecule has 0 saturated heterocycles. The Bertz CT molecular complexity index is 350. The molecule has 0 atom stereocenters. The minimum Gasteiger partial charge on any atom is -0.496 e. The van der Waals surface area contributed by atoms with Crippen molar-refractivity contribution in [2.24, 2.45) is 0 Å². The average molecular weight is 212 g/mol. The molecule has 0 aliphatic rings. The van der Waals surface area contributed by atoms with Gasteiger partial charge in [-0.2, -0.15) is 0 Å². The minimum atomic E-state index is -0.688. The smallest absolute Gasteiger partial charge is 0.344 e. The predicted molar refractivity (Wildman–Crippen MR) is 53.5 cm³/mol. The maximum atomic E-state index is 13.3. The van der Waals surface area contributed by atoms with Crippen molar-refractivity contribution in [2.75, 3.05) is 13.7 Å². The standard InChI is InChI=1S/C11H13FO3/c1-3-7-15-11(13)10-8(12)5-4-6-9(10)14-2/h4-6H,3,7H2,1-2H3. The fraction of sp³-hybridized carbons (Fsp3) is 0.364. The number of esters is 1. The van der Waals surface area contributed by atoms with E-state index in [1.807, 2.05) is 6.92 Å². The number of carbonyl (C=O) groups excluding carboxylic acids is 1. The molecule has 0 fully saturated rings. The van der Waals surface area contributed by atoms with Gasteiger partial charge in [0.25, 0.3) is 0 Å². The van der Waals surface area contributed by atoms with Gasteiger partial charge in [-0.15, -0.1) is 0 Å². The van der Waals surface area contributed by atoms with Crippen molar-refractivity contribution < 1.29 is 18.7 Å². The summed E-state index contributed by atoms with van der Waals surface area (Å²) in [5, 5.41) is 0. The summed E-state index contributed by atoms with van der Waals surface area (Å²) in [6, 6.07) is 4.20. The van der Waals surface area contributed by atoms with Crippen LogP contribution in [0.4, 0.5) is 4.39 Å². The van der Waals surface area contributed by atoms with E-state index in [9.17, 15) is 9.18 Å². The molecule has 0 unspecified atom stereocenters. The summed E-state index contributed by atoms with van der Waals surface area (Å²) in [6.07, 6.45) is 0.697. The highest BCUT2D eigenvalue weighted by atomic mass is 19.1. The summed E-state index contributed by atoms with van der Waals surface area (Å²) in [6.45, 7) is 2.14. The van der Waals surface area contributed by atoms with Crippen LogP contribution in [0.5, 0.6) is 5.75 Å². The van der Waals surface area contributed by atoms with Crippen LogP contribution in [0.2, 0.25) is 0 Å². The van der Waals surface area contributed by atoms with Crippen LogP contribution in [0.25, 0.3) is 0 Å². The topological polar surface area (TPSA) is 35.5 Å². The second kappa shape index (κ2) is 5.34. The van der Waals surface area contributed by atoms with E-state index in [2.05, 4.69) is 0 Å². The Balaban J connectivity index is 2.95. The lowest BCUT2D eigenvalue weighted by Gasteiger charge is -2.08. The second-order valence-corrected chi connectivity index (χ2v) is 2.95. The molecule has 0 aliphatic heterocycles. The Labute approximate surface area is 87.8 Å². The highest BCUT2D eigenvalue weighted by molar-refractivity contribution is 5.92. The molecule has 1 aromatic carbocycles. The third-order valence-electron chi connectivity index (χ3n) is 1.84. The number of benzene rings is 1. The van der Waals surface area contributed by atoms with Crippen LogP contribution in [0.3, 0.4) is 0 Å². The van der Waals surface area contributed by atoms with Gasteiger partial charge in [0.15, 0.2) is 0 Å². The Hall–Kier alpha value is -1.58. The van der Waals surface area contributed by atoms with Gasteiger partial charge in [0.2, 0.25) is 0 Å². The van der Waals surface area contributed by atoms with Crippen molar-refractivity contribution in [3.8, 4) is 5.75 Å². The van der Waals surface area contributed by atoms with Gasteiger partial charge in [0.05, 0.1) is 13.7 Å². The lowest BCUT2D eigenvalue weighted by Crippen LogP contribution is -2.10. The molecule has 0 saturated carbocycles. The van der Waals surface area contributed by atoms with Crippen molar-refractivity contribution in [2.45, 2.75) is 13.3 Å². The maximum Gasteiger partial charge on any atom is 0.344 e. The number of hydrogen-bond donors (Lipinski definition) is 0. The molecule has 3 nitrogen and oxygen atoms in total. The molecule has 0 amide bonds. The van der Waals surface area contributed by atoms with Crippen LogP contribution in [-0.2, 0) is 4.74 Å². The summed E-state index contributed by atoms with van der Waals surface area (Å²) in [4.78, 5) is 11.5. The zero-order chi connectivity index (χ0) is 11.3. The molecule has 0 N–H and O–H groups in total. The zero-order valence-corrected chi connectivity index (χ0v) is 8.75. The van der Waals surface area contributed by atoms with Gasteiger partial charge in [0.1, 0.15) is 17.1 Å². The average Bonchev–Trinajstić information content (AvgIpc) is 2.25. The van der Waals surface area contributed by atoms with Gasteiger partial charge in [-0.3, -0.25) is 0 Å². The first-order valence-electron chi connectivity index (χ1n) is 4.70. The first-order valence-corrected chi connectivity index (χ1v) is 4.70. The molecule has 1 rings (SSSR count). The first kappa shape index (κ1) is 11.5. The van der Waals surface area contributed by atoms with Crippen molar-refractivity contribution in [1.29, 1.82) is 0 Å². The monoisotopic (exact) mass is 212 g/mol. The molecule has 0 aromatic heterocycles. The molecule has 15 heavy (non-hydrogen) atoms. The number of halogens is 1. The molecule has 0 spiro atoms. The Kier molecular flexibility index (Phi) is 4.09. The van der Waals surface area contributed by atoms with Gasteiger partial charge >= 0.3 is 5.97 Å². The largest absolute Gasteiger partial charge is 0.496 e. The SMILES string of the molecule is CCCOC(=O)c1c(F)cccc1OC. The first-order chi connectivity index (χ1) is 7.20. The van der Waals surface area contributed by atoms with Crippen LogP contribution in [0.1, 0.15) is 23.7 Å². The normalized spacial score (nSPS) is 9.80. The third kappa shape index (κ3) is 2.68. The predicted octanol–water partition coefficient (Wildman–Crippen LogP) is 2.40. The van der Waals surface area contributed by atoms with E-state index in [0.717, 1.165) is 0 Å². The lowest BCUT2D eigenvalue weighted by molar-refractivity contribution is 0.0496. The van der Waals surface area contributed by atoms with Gasteiger partial charge in [-0.1, -0.05) is 13.0 Å². The summed E-state index contributed by atoms with van der Waals surface area (Å²) in [5.74, 6) is -1.13. The quantitative estimate of drug-likeness (QED) is 0.719. The number of rotatable bonds is 4. The minimum absolute atomic E-state index is 0.145. The van der Waals surface area contributed by atoms with E-state index in [4.69, 9.17) is 9.47 Å². The summed E-state index contributed by atoms with van der Waals surface area (Å²) < 4.78 is 23.1. The summed E-state index contributed by atoms with van der Waals surface area (Å²) in [7, 11) is 1.38. The van der Waals surface area contributed by atoms with Crippen molar-refractivity contribution in [3.05, 3.63) is 29.6 Å². The van der Waals surface area contributed by atoms with Crippen LogP contribution < -0.4 is 4.74 Å². The van der Waals surface area contributed by atoms with Gasteiger partial charge in [-0.25, -0.2) is 9.18 Å². The molecule has 4 heteroatoms. The highest BCUT2D eigenvalue weighted by Crippen LogP contribution is 2.21. The molecular weight excluding hydrogens is 199 g/mol. The lowest BCUT2D eigenvalue weighted by atomic mass is 10.2. The van der Waals surface area contributed by atoms with Crippen LogP contribution in [0, 0.1) is 5.82 Å². The van der Waals surface area contributed by atoms with E-state index in [-0.39, 0.29) is 17.9 Å². The summed E-state index contributed by atoms with van der Waals surface area (Å²) in [5.41, 5.74) is -0.145. The molecule has 0 heterocycles. The van der Waals surface area contributed by atoms with Crippen molar-refractivity contribution >= 4 is 5.97 Å². The zero-order valence-electron chi connectivity index (χ0n) is 8.75. The number of methoxy groups -OCH3 is 1. The van der Waals surface area contributed by atoms with Crippen LogP contribution in [0.15, 0.2) is 18.2 Å². The van der Waals surface area contributed by atoms with E-state index in [1.165, 1.54) is 25.3 Å². The van der Waals surface area contributed by atoms with Crippen LogP contribution >= 0.6 is 0 Å². The van der Waals surface area contributed by atoms with Crippen molar-refractivity contribution in [3.63, 3.8) is 0 Å². The Morgan fingerprint density at radius 2 is 2.20 bits per heavy atom. The molecule has 0 aliphatic carbocycles. The van der Waals surface area contributed by atoms with Crippen molar-refractivity contribution in [1.82, 2.24) is 0 Å². The van der Waals surface area contributed by atoms with E-state index >= 15 is 0 Å². The van der Waals surface area contributed by atoms with E-state index in [1.54, 1.807) is 0 Å². The van der Waals surface area contributed by atoms with Gasteiger partial charge in [-0.05, 0) is 18.6 Å². The van der Waals surface area contributed by atoms with Gasteiger partial charge < -0.3 is 9.47 Å². The number of hydrogen-bond acceptors (Lipinski definition) is 3. The maximum absolute atomic E-state index is 13.3. The Morgan fingerprint density at radius 1 is 1.47 bits per heavy atom. The van der Waals surface area contributed by atoms with E-state index in [0.29, 0.717) is 6.42 Å². The fourth-order valence-corrected chi connectivity index (χ4v) is 1.14. The Morgan fingerprint density at radius 3 is 2.80 bits per heavy atom.